The summed E-state index contributed by atoms with van der Waals surface area (Å²) >= 11 is 0. The van der Waals surface area contributed by atoms with Crippen molar-refractivity contribution in [2.75, 3.05) is 11.4 Å². The lowest BCUT2D eigenvalue weighted by atomic mass is 10.00. The summed E-state index contributed by atoms with van der Waals surface area (Å²) in [6.07, 6.45) is 4.21. The van der Waals surface area contributed by atoms with E-state index in [1.54, 1.807) is 12.4 Å². The van der Waals surface area contributed by atoms with Crippen LogP contribution in [-0.4, -0.2) is 21.7 Å². The van der Waals surface area contributed by atoms with Gasteiger partial charge in [0.1, 0.15) is 29.4 Å². The minimum Gasteiger partial charge on any atom is -0.360 e. The lowest BCUT2D eigenvalue weighted by molar-refractivity contribution is 0.378. The van der Waals surface area contributed by atoms with Gasteiger partial charge in [0.25, 0.3) is 0 Å². The maximum absolute atomic E-state index is 13.6. The van der Waals surface area contributed by atoms with E-state index in [2.05, 4.69) is 33.9 Å². The summed E-state index contributed by atoms with van der Waals surface area (Å²) in [4.78, 5) is 10.9. The molecule has 128 valence electrons. The number of benzene rings is 1. The molecule has 25 heavy (non-hydrogen) atoms. The van der Waals surface area contributed by atoms with E-state index in [0.29, 0.717) is 18.2 Å². The molecule has 0 bridgehead atoms. The Labute approximate surface area is 145 Å². The van der Waals surface area contributed by atoms with Gasteiger partial charge in [-0.25, -0.2) is 14.4 Å². The SMILES string of the molecule is CC(C)c1cncnc1N1CCc2onc(-c3cccc(F)c3)c2C1. The lowest BCUT2D eigenvalue weighted by Crippen LogP contribution is -2.31. The number of hydrogen-bond donors (Lipinski definition) is 0. The second-order valence-electron chi connectivity index (χ2n) is 6.57. The minimum atomic E-state index is -0.278. The number of fused-ring (bicyclic) bond motifs is 1. The van der Waals surface area contributed by atoms with Gasteiger partial charge in [0.2, 0.25) is 0 Å². The van der Waals surface area contributed by atoms with Crippen LogP contribution in [0.25, 0.3) is 11.3 Å². The fraction of sp³-hybridized carbons (Fsp3) is 0.316. The van der Waals surface area contributed by atoms with E-state index in [1.165, 1.54) is 12.1 Å². The maximum atomic E-state index is 13.6. The Morgan fingerprint density at radius 2 is 2.16 bits per heavy atom. The van der Waals surface area contributed by atoms with Crippen LogP contribution in [0.4, 0.5) is 10.2 Å². The molecular weight excluding hydrogens is 319 g/mol. The molecule has 6 heteroatoms. The van der Waals surface area contributed by atoms with Gasteiger partial charge in [-0.3, -0.25) is 0 Å². The number of aromatic nitrogens is 3. The van der Waals surface area contributed by atoms with Crippen LogP contribution in [0.15, 0.2) is 41.3 Å². The molecule has 0 radical (unpaired) electrons. The first-order valence-electron chi connectivity index (χ1n) is 8.41. The first kappa shape index (κ1) is 15.7. The van der Waals surface area contributed by atoms with E-state index in [1.807, 2.05) is 12.3 Å². The first-order valence-corrected chi connectivity index (χ1v) is 8.41. The summed E-state index contributed by atoms with van der Waals surface area (Å²) in [5.41, 5.74) is 3.57. The molecule has 0 spiro atoms. The fourth-order valence-corrected chi connectivity index (χ4v) is 3.26. The largest absolute Gasteiger partial charge is 0.360 e. The molecule has 0 fully saturated rings. The van der Waals surface area contributed by atoms with Gasteiger partial charge >= 0.3 is 0 Å². The van der Waals surface area contributed by atoms with Gasteiger partial charge < -0.3 is 9.42 Å². The Balaban J connectivity index is 1.71. The minimum absolute atomic E-state index is 0.278. The third kappa shape index (κ3) is 2.88. The number of hydrogen-bond acceptors (Lipinski definition) is 5. The molecule has 2 aromatic heterocycles. The molecule has 4 rings (SSSR count). The Morgan fingerprint density at radius 3 is 2.96 bits per heavy atom. The van der Waals surface area contributed by atoms with Crippen molar-refractivity contribution in [1.29, 1.82) is 0 Å². The zero-order valence-corrected chi connectivity index (χ0v) is 14.2. The quantitative estimate of drug-likeness (QED) is 0.723. The highest BCUT2D eigenvalue weighted by atomic mass is 19.1. The van der Waals surface area contributed by atoms with Gasteiger partial charge in [0.05, 0.1) is 6.54 Å². The van der Waals surface area contributed by atoms with Crippen molar-refractivity contribution in [2.45, 2.75) is 32.7 Å². The van der Waals surface area contributed by atoms with Crippen LogP contribution < -0.4 is 4.90 Å². The van der Waals surface area contributed by atoms with Crippen molar-refractivity contribution in [3.05, 3.63) is 59.5 Å². The van der Waals surface area contributed by atoms with Crippen LogP contribution >= 0.6 is 0 Å². The average molecular weight is 338 g/mol. The van der Waals surface area contributed by atoms with E-state index in [0.717, 1.165) is 41.2 Å². The van der Waals surface area contributed by atoms with E-state index in [9.17, 15) is 4.39 Å². The zero-order valence-electron chi connectivity index (χ0n) is 14.2. The van der Waals surface area contributed by atoms with Crippen molar-refractivity contribution in [2.24, 2.45) is 0 Å². The molecule has 0 amide bonds. The molecule has 0 unspecified atom stereocenters. The van der Waals surface area contributed by atoms with Gasteiger partial charge in [-0.1, -0.05) is 31.1 Å². The molecule has 0 N–H and O–H groups in total. The maximum Gasteiger partial charge on any atom is 0.144 e. The molecule has 0 aliphatic carbocycles. The molecule has 1 aliphatic rings. The third-order valence-corrected chi connectivity index (χ3v) is 4.57. The van der Waals surface area contributed by atoms with Crippen LogP contribution in [-0.2, 0) is 13.0 Å². The smallest absolute Gasteiger partial charge is 0.144 e. The second kappa shape index (κ2) is 6.27. The van der Waals surface area contributed by atoms with Gasteiger partial charge in [-0.2, -0.15) is 0 Å². The van der Waals surface area contributed by atoms with Crippen LogP contribution in [0, 0.1) is 5.82 Å². The molecule has 0 saturated carbocycles. The number of halogens is 1. The van der Waals surface area contributed by atoms with Crippen molar-refractivity contribution < 1.29 is 8.91 Å². The third-order valence-electron chi connectivity index (χ3n) is 4.57. The van der Waals surface area contributed by atoms with Gasteiger partial charge in [0.15, 0.2) is 0 Å². The van der Waals surface area contributed by atoms with E-state index < -0.39 is 0 Å². The highest BCUT2D eigenvalue weighted by molar-refractivity contribution is 5.65. The highest BCUT2D eigenvalue weighted by Gasteiger charge is 2.27. The van der Waals surface area contributed by atoms with Gasteiger partial charge in [-0.15, -0.1) is 0 Å². The predicted octanol–water partition coefficient (Wildman–Crippen LogP) is 3.96. The van der Waals surface area contributed by atoms with Crippen LogP contribution in [0.3, 0.4) is 0 Å². The Hall–Kier alpha value is -2.76. The van der Waals surface area contributed by atoms with Crippen molar-refractivity contribution in [3.63, 3.8) is 0 Å². The van der Waals surface area contributed by atoms with Crippen LogP contribution in [0.1, 0.15) is 36.7 Å². The van der Waals surface area contributed by atoms with Crippen LogP contribution in [0.2, 0.25) is 0 Å². The van der Waals surface area contributed by atoms with E-state index in [-0.39, 0.29) is 5.82 Å². The number of anilines is 1. The van der Waals surface area contributed by atoms with E-state index >= 15 is 0 Å². The molecule has 5 nitrogen and oxygen atoms in total. The fourth-order valence-electron chi connectivity index (χ4n) is 3.26. The summed E-state index contributed by atoms with van der Waals surface area (Å²) in [6, 6.07) is 6.46. The molecule has 1 aliphatic heterocycles. The summed E-state index contributed by atoms with van der Waals surface area (Å²) in [7, 11) is 0. The standard InChI is InChI=1S/C19H19FN4O/c1-12(2)15-9-21-11-22-19(15)24-7-6-17-16(10-24)18(23-25-17)13-4-3-5-14(20)8-13/h3-5,8-9,11-12H,6-7,10H2,1-2H3. The number of nitrogens with zero attached hydrogens (tertiary/aromatic N) is 4. The van der Waals surface area contributed by atoms with Crippen molar-refractivity contribution in [3.8, 4) is 11.3 Å². The monoisotopic (exact) mass is 338 g/mol. The molecule has 0 saturated heterocycles. The summed E-state index contributed by atoms with van der Waals surface area (Å²) in [5, 5.41) is 4.19. The highest BCUT2D eigenvalue weighted by Crippen LogP contribution is 2.33. The summed E-state index contributed by atoms with van der Waals surface area (Å²) in [5.74, 6) is 1.88. The van der Waals surface area contributed by atoms with Gasteiger partial charge in [-0.05, 0) is 18.1 Å². The average Bonchev–Trinajstić information content (AvgIpc) is 3.05. The van der Waals surface area contributed by atoms with E-state index in [4.69, 9.17) is 4.52 Å². The second-order valence-corrected chi connectivity index (χ2v) is 6.57. The number of rotatable bonds is 3. The van der Waals surface area contributed by atoms with Crippen molar-refractivity contribution >= 4 is 5.82 Å². The Morgan fingerprint density at radius 1 is 1.28 bits per heavy atom. The molecule has 1 aromatic carbocycles. The van der Waals surface area contributed by atoms with Crippen LogP contribution in [0.5, 0.6) is 0 Å². The molecule has 3 aromatic rings. The molecule has 3 heterocycles. The summed E-state index contributed by atoms with van der Waals surface area (Å²) < 4.78 is 19.1. The van der Waals surface area contributed by atoms with Gasteiger partial charge in [0, 0.05) is 35.9 Å². The predicted molar refractivity (Wildman–Crippen MR) is 92.8 cm³/mol. The zero-order chi connectivity index (χ0) is 17.4. The van der Waals surface area contributed by atoms with Crippen molar-refractivity contribution in [1.82, 2.24) is 15.1 Å². The molecular formula is C19H19FN4O. The normalized spacial score (nSPS) is 14.0. The topological polar surface area (TPSA) is 55.1 Å². The Kier molecular flexibility index (Phi) is 3.95. The summed E-state index contributed by atoms with van der Waals surface area (Å²) in [6.45, 7) is 5.72. The Bertz CT molecular complexity index is 906. The lowest BCUT2D eigenvalue weighted by Gasteiger charge is -2.29. The molecule has 0 atom stereocenters. The first-order chi connectivity index (χ1) is 12.1.